The van der Waals surface area contributed by atoms with Crippen LogP contribution in [0.2, 0.25) is 0 Å². The van der Waals surface area contributed by atoms with Gasteiger partial charge in [0.15, 0.2) is 0 Å². The highest BCUT2D eigenvalue weighted by atomic mass is 16.5. The molecule has 1 aliphatic heterocycles. The average Bonchev–Trinajstić information content (AvgIpc) is 2.64. The molecule has 1 fully saturated rings. The standard InChI is InChI=1S/C22H30O3/c1-2-3-4-5-6-7-11-21(23)14-12-18-9-8-10-19(16-18)20-13-15-22(24)25-17-20/h6-10,12,14,16,20-21,23H,2-5,11,13,15,17H2,1H3/b7-6-,14-12+. The van der Waals surface area contributed by atoms with Gasteiger partial charge >= 0.3 is 5.97 Å². The third-order valence-corrected chi connectivity index (χ3v) is 4.55. The number of rotatable bonds is 9. The van der Waals surface area contributed by atoms with Gasteiger partial charge in [0, 0.05) is 12.3 Å². The second-order valence-electron chi connectivity index (χ2n) is 6.72. The maximum atomic E-state index is 11.2. The molecule has 1 heterocycles. The van der Waals surface area contributed by atoms with Crippen molar-refractivity contribution in [2.75, 3.05) is 6.61 Å². The van der Waals surface area contributed by atoms with Gasteiger partial charge in [0.1, 0.15) is 0 Å². The minimum atomic E-state index is -0.457. The Morgan fingerprint density at radius 2 is 2.20 bits per heavy atom. The number of esters is 1. The van der Waals surface area contributed by atoms with Crippen LogP contribution in [0.1, 0.15) is 68.9 Å². The smallest absolute Gasteiger partial charge is 0.305 e. The number of aliphatic hydroxyl groups excluding tert-OH is 1. The topological polar surface area (TPSA) is 46.5 Å². The van der Waals surface area contributed by atoms with E-state index in [0.717, 1.165) is 18.4 Å². The zero-order valence-electron chi connectivity index (χ0n) is 15.2. The summed E-state index contributed by atoms with van der Waals surface area (Å²) in [4.78, 5) is 11.2. The van der Waals surface area contributed by atoms with Crippen LogP contribution in [0, 0.1) is 0 Å². The Labute approximate surface area is 151 Å². The second kappa shape index (κ2) is 10.9. The first-order valence-electron chi connectivity index (χ1n) is 9.46. The fraction of sp³-hybridized carbons (Fsp3) is 0.500. The Morgan fingerprint density at radius 1 is 1.32 bits per heavy atom. The number of aliphatic hydroxyl groups is 1. The SMILES string of the molecule is CCCCC/C=C\CC(O)/C=C/c1cccc(C2CCC(=O)OC2)c1. The molecule has 25 heavy (non-hydrogen) atoms. The van der Waals surface area contributed by atoms with Crippen molar-refractivity contribution >= 4 is 12.0 Å². The van der Waals surface area contributed by atoms with E-state index in [4.69, 9.17) is 4.74 Å². The van der Waals surface area contributed by atoms with E-state index < -0.39 is 6.10 Å². The van der Waals surface area contributed by atoms with Gasteiger partial charge < -0.3 is 9.84 Å². The van der Waals surface area contributed by atoms with Crippen LogP contribution in [0.25, 0.3) is 6.08 Å². The number of unbranched alkanes of at least 4 members (excludes halogenated alkanes) is 3. The number of ether oxygens (including phenoxy) is 1. The van der Waals surface area contributed by atoms with E-state index in [9.17, 15) is 9.90 Å². The molecule has 2 unspecified atom stereocenters. The van der Waals surface area contributed by atoms with Crippen LogP contribution in [-0.2, 0) is 9.53 Å². The van der Waals surface area contributed by atoms with Crippen LogP contribution < -0.4 is 0 Å². The summed E-state index contributed by atoms with van der Waals surface area (Å²) in [5.74, 6) is 0.181. The molecule has 2 rings (SSSR count). The molecule has 1 aromatic rings. The van der Waals surface area contributed by atoms with Crippen LogP contribution in [-0.4, -0.2) is 23.8 Å². The van der Waals surface area contributed by atoms with Gasteiger partial charge in [-0.25, -0.2) is 0 Å². The monoisotopic (exact) mass is 342 g/mol. The lowest BCUT2D eigenvalue weighted by Crippen LogP contribution is -2.20. The zero-order valence-corrected chi connectivity index (χ0v) is 15.2. The van der Waals surface area contributed by atoms with Crippen molar-refractivity contribution in [2.24, 2.45) is 0 Å². The van der Waals surface area contributed by atoms with E-state index in [0.29, 0.717) is 19.4 Å². The van der Waals surface area contributed by atoms with Gasteiger partial charge in [0.25, 0.3) is 0 Å². The van der Waals surface area contributed by atoms with Gasteiger partial charge in [0.2, 0.25) is 0 Å². The molecule has 2 atom stereocenters. The Morgan fingerprint density at radius 3 is 2.96 bits per heavy atom. The third kappa shape index (κ3) is 7.27. The van der Waals surface area contributed by atoms with Crippen LogP contribution in [0.3, 0.4) is 0 Å². The number of cyclic esters (lactones) is 1. The molecule has 0 aromatic heterocycles. The van der Waals surface area contributed by atoms with Crippen molar-refractivity contribution in [3.8, 4) is 0 Å². The van der Waals surface area contributed by atoms with Crippen molar-refractivity contribution in [2.45, 2.75) is 63.9 Å². The molecule has 1 aliphatic rings. The van der Waals surface area contributed by atoms with Crippen LogP contribution in [0.4, 0.5) is 0 Å². The Balaban J connectivity index is 1.82. The van der Waals surface area contributed by atoms with Crippen LogP contribution in [0.5, 0.6) is 0 Å². The molecule has 3 heteroatoms. The highest BCUT2D eigenvalue weighted by molar-refractivity contribution is 5.70. The molecule has 1 aromatic carbocycles. The summed E-state index contributed by atoms with van der Waals surface area (Å²) in [6.07, 6.45) is 14.4. The molecule has 1 saturated heterocycles. The van der Waals surface area contributed by atoms with Crippen molar-refractivity contribution in [1.29, 1.82) is 0 Å². The van der Waals surface area contributed by atoms with E-state index in [1.165, 1.54) is 24.8 Å². The second-order valence-corrected chi connectivity index (χ2v) is 6.72. The normalized spacial score (nSPS) is 19.4. The lowest BCUT2D eigenvalue weighted by molar-refractivity contribution is -0.147. The van der Waals surface area contributed by atoms with Crippen LogP contribution in [0.15, 0.2) is 42.5 Å². The van der Waals surface area contributed by atoms with Gasteiger partial charge in [-0.3, -0.25) is 4.79 Å². The number of hydrogen-bond donors (Lipinski definition) is 1. The largest absolute Gasteiger partial charge is 0.465 e. The molecule has 136 valence electrons. The minimum Gasteiger partial charge on any atom is -0.465 e. The molecule has 3 nitrogen and oxygen atoms in total. The maximum Gasteiger partial charge on any atom is 0.305 e. The van der Waals surface area contributed by atoms with Crippen molar-refractivity contribution in [3.05, 3.63) is 53.6 Å². The molecule has 1 N–H and O–H groups in total. The summed E-state index contributed by atoms with van der Waals surface area (Å²) in [7, 11) is 0. The average molecular weight is 342 g/mol. The van der Waals surface area contributed by atoms with Crippen molar-refractivity contribution in [3.63, 3.8) is 0 Å². The van der Waals surface area contributed by atoms with E-state index in [1.54, 1.807) is 0 Å². The first kappa shape index (κ1) is 19.5. The lowest BCUT2D eigenvalue weighted by atomic mass is 9.92. The van der Waals surface area contributed by atoms with E-state index >= 15 is 0 Å². The molecule has 0 saturated carbocycles. The first-order chi connectivity index (χ1) is 12.2. The lowest BCUT2D eigenvalue weighted by Gasteiger charge is -2.22. The van der Waals surface area contributed by atoms with Crippen molar-refractivity contribution < 1.29 is 14.6 Å². The van der Waals surface area contributed by atoms with Gasteiger partial charge in [-0.1, -0.05) is 68.3 Å². The predicted octanol–water partition coefficient (Wildman–Crippen LogP) is 5.01. The van der Waals surface area contributed by atoms with E-state index in [1.807, 2.05) is 24.3 Å². The molecule has 0 spiro atoms. The summed E-state index contributed by atoms with van der Waals surface area (Å²) in [5.41, 5.74) is 2.26. The quantitative estimate of drug-likeness (QED) is 0.390. The molecule has 0 amide bonds. The fourth-order valence-corrected chi connectivity index (χ4v) is 2.99. The minimum absolute atomic E-state index is 0.0989. The number of allylic oxidation sites excluding steroid dienone is 1. The van der Waals surface area contributed by atoms with E-state index in [-0.39, 0.29) is 11.9 Å². The molecule has 0 aliphatic carbocycles. The molecular weight excluding hydrogens is 312 g/mol. The number of hydrogen-bond acceptors (Lipinski definition) is 3. The molecule has 0 bridgehead atoms. The summed E-state index contributed by atoms with van der Waals surface area (Å²) >= 11 is 0. The summed E-state index contributed by atoms with van der Waals surface area (Å²) in [5, 5.41) is 10.1. The third-order valence-electron chi connectivity index (χ3n) is 4.55. The van der Waals surface area contributed by atoms with Crippen molar-refractivity contribution in [1.82, 2.24) is 0 Å². The highest BCUT2D eigenvalue weighted by Crippen LogP contribution is 2.26. The maximum absolute atomic E-state index is 11.2. The summed E-state index contributed by atoms with van der Waals surface area (Å²) < 4.78 is 5.16. The molecule has 0 radical (unpaired) electrons. The Bertz CT molecular complexity index is 579. The Kier molecular flexibility index (Phi) is 8.47. The van der Waals surface area contributed by atoms with Crippen LogP contribution >= 0.6 is 0 Å². The first-order valence-corrected chi connectivity index (χ1v) is 9.46. The molecular formula is C22H30O3. The predicted molar refractivity (Wildman–Crippen MR) is 102 cm³/mol. The van der Waals surface area contributed by atoms with Gasteiger partial charge in [-0.2, -0.15) is 0 Å². The fourth-order valence-electron chi connectivity index (χ4n) is 2.99. The summed E-state index contributed by atoms with van der Waals surface area (Å²) in [6, 6.07) is 8.25. The van der Waals surface area contributed by atoms with Gasteiger partial charge in [-0.15, -0.1) is 0 Å². The number of carbonyl (C=O) groups excluding carboxylic acids is 1. The van der Waals surface area contributed by atoms with Gasteiger partial charge in [0.05, 0.1) is 12.7 Å². The van der Waals surface area contributed by atoms with E-state index in [2.05, 4.69) is 31.2 Å². The number of benzene rings is 1. The Hall–Kier alpha value is -1.87. The number of carbonyl (C=O) groups is 1. The highest BCUT2D eigenvalue weighted by Gasteiger charge is 2.21. The van der Waals surface area contributed by atoms with Gasteiger partial charge in [-0.05, 0) is 36.8 Å². The summed E-state index contributed by atoms with van der Waals surface area (Å²) in [6.45, 7) is 2.67. The zero-order chi connectivity index (χ0) is 17.9.